The molecule has 0 spiro atoms. The number of hydrogen-bond acceptors (Lipinski definition) is 2. The van der Waals surface area contributed by atoms with Crippen molar-refractivity contribution in [3.63, 3.8) is 0 Å². The second-order valence-electron chi connectivity index (χ2n) is 4.92. The van der Waals surface area contributed by atoms with Gasteiger partial charge in [-0.3, -0.25) is 4.79 Å². The van der Waals surface area contributed by atoms with Gasteiger partial charge in [-0.2, -0.15) is 0 Å². The van der Waals surface area contributed by atoms with Gasteiger partial charge >= 0.3 is 5.97 Å². The number of esters is 1. The summed E-state index contributed by atoms with van der Waals surface area (Å²) in [6, 6.07) is 10.2. The lowest BCUT2D eigenvalue weighted by Gasteiger charge is -2.10. The number of carbonyl (C=O) groups excluding carboxylic acids is 1. The smallest absolute Gasteiger partial charge is 0.305 e. The Balaban J connectivity index is 2.10. The Hall–Kier alpha value is -1.31. The standard InChI is InChI=1S/C16H24O2/c1-3-8-14(2)13-18-16(17)12-7-11-15-9-5-4-6-10-15/h4-6,9-10,14H,3,7-8,11-13H2,1-2H3. The second-order valence-corrected chi connectivity index (χ2v) is 4.92. The summed E-state index contributed by atoms with van der Waals surface area (Å²) in [6.45, 7) is 4.84. The number of carbonyl (C=O) groups is 1. The minimum Gasteiger partial charge on any atom is -0.465 e. The molecule has 0 saturated carbocycles. The van der Waals surface area contributed by atoms with Crippen LogP contribution < -0.4 is 0 Å². The van der Waals surface area contributed by atoms with Crippen molar-refractivity contribution in [2.75, 3.05) is 6.61 Å². The van der Waals surface area contributed by atoms with Crippen LogP contribution in [0.4, 0.5) is 0 Å². The predicted octanol–water partition coefficient (Wildman–Crippen LogP) is 3.99. The fourth-order valence-corrected chi connectivity index (χ4v) is 1.97. The van der Waals surface area contributed by atoms with Gasteiger partial charge in [-0.25, -0.2) is 0 Å². The molecule has 0 aromatic heterocycles. The van der Waals surface area contributed by atoms with E-state index in [9.17, 15) is 4.79 Å². The van der Waals surface area contributed by atoms with E-state index >= 15 is 0 Å². The number of hydrogen-bond donors (Lipinski definition) is 0. The zero-order chi connectivity index (χ0) is 13.2. The first-order valence-electron chi connectivity index (χ1n) is 6.92. The van der Waals surface area contributed by atoms with Crippen LogP contribution in [0.3, 0.4) is 0 Å². The van der Waals surface area contributed by atoms with Crippen molar-refractivity contribution in [2.24, 2.45) is 5.92 Å². The molecule has 0 aliphatic carbocycles. The summed E-state index contributed by atoms with van der Waals surface area (Å²) in [6.07, 6.45) is 4.60. The molecule has 1 rings (SSSR count). The van der Waals surface area contributed by atoms with Crippen LogP contribution in [0, 0.1) is 5.92 Å². The monoisotopic (exact) mass is 248 g/mol. The molecule has 0 amide bonds. The van der Waals surface area contributed by atoms with Gasteiger partial charge in [0.15, 0.2) is 0 Å². The first-order chi connectivity index (χ1) is 8.72. The minimum atomic E-state index is -0.0612. The summed E-state index contributed by atoms with van der Waals surface area (Å²) in [5.41, 5.74) is 1.28. The average molecular weight is 248 g/mol. The highest BCUT2D eigenvalue weighted by atomic mass is 16.5. The van der Waals surface area contributed by atoms with E-state index in [-0.39, 0.29) is 5.97 Å². The SMILES string of the molecule is CCCC(C)COC(=O)CCCc1ccccc1. The van der Waals surface area contributed by atoms with Gasteiger partial charge in [-0.15, -0.1) is 0 Å². The Morgan fingerprint density at radius 1 is 1.28 bits per heavy atom. The molecule has 0 fully saturated rings. The van der Waals surface area contributed by atoms with Crippen LogP contribution >= 0.6 is 0 Å². The van der Waals surface area contributed by atoms with Crippen molar-refractivity contribution in [1.82, 2.24) is 0 Å². The Labute approximate surface area is 110 Å². The molecule has 1 unspecified atom stereocenters. The highest BCUT2D eigenvalue weighted by molar-refractivity contribution is 5.69. The Morgan fingerprint density at radius 2 is 2.00 bits per heavy atom. The van der Waals surface area contributed by atoms with E-state index in [1.807, 2.05) is 18.2 Å². The lowest BCUT2D eigenvalue weighted by molar-refractivity contribution is -0.145. The molecule has 18 heavy (non-hydrogen) atoms. The first-order valence-corrected chi connectivity index (χ1v) is 6.92. The van der Waals surface area contributed by atoms with Crippen molar-refractivity contribution >= 4 is 5.97 Å². The normalized spacial score (nSPS) is 12.1. The van der Waals surface area contributed by atoms with E-state index in [1.54, 1.807) is 0 Å². The molecule has 1 atom stereocenters. The lowest BCUT2D eigenvalue weighted by Crippen LogP contribution is -2.11. The fraction of sp³-hybridized carbons (Fsp3) is 0.562. The third kappa shape index (κ3) is 6.43. The largest absolute Gasteiger partial charge is 0.465 e. The van der Waals surface area contributed by atoms with Gasteiger partial charge in [-0.1, -0.05) is 50.6 Å². The van der Waals surface area contributed by atoms with Crippen LogP contribution in [0.1, 0.15) is 45.1 Å². The molecule has 1 aromatic rings. The van der Waals surface area contributed by atoms with E-state index in [0.717, 1.165) is 25.7 Å². The van der Waals surface area contributed by atoms with Crippen LogP contribution in [0.15, 0.2) is 30.3 Å². The fourth-order valence-electron chi connectivity index (χ4n) is 1.97. The maximum absolute atomic E-state index is 11.5. The molecular weight excluding hydrogens is 224 g/mol. The molecule has 0 radical (unpaired) electrons. The van der Waals surface area contributed by atoms with Gasteiger partial charge in [0.2, 0.25) is 0 Å². The third-order valence-electron chi connectivity index (χ3n) is 3.00. The van der Waals surface area contributed by atoms with Crippen LogP contribution in [0.5, 0.6) is 0 Å². The molecular formula is C16H24O2. The Morgan fingerprint density at radius 3 is 2.67 bits per heavy atom. The zero-order valence-electron chi connectivity index (χ0n) is 11.5. The van der Waals surface area contributed by atoms with Crippen molar-refractivity contribution in [2.45, 2.75) is 46.0 Å². The third-order valence-corrected chi connectivity index (χ3v) is 3.00. The maximum Gasteiger partial charge on any atom is 0.305 e. The molecule has 0 saturated heterocycles. The molecule has 1 aromatic carbocycles. The van der Waals surface area contributed by atoms with Gasteiger partial charge in [0.05, 0.1) is 6.61 Å². The molecule has 2 heteroatoms. The maximum atomic E-state index is 11.5. The van der Waals surface area contributed by atoms with Gasteiger partial charge < -0.3 is 4.74 Å². The zero-order valence-corrected chi connectivity index (χ0v) is 11.5. The van der Waals surface area contributed by atoms with Gasteiger partial charge in [0, 0.05) is 6.42 Å². The van der Waals surface area contributed by atoms with Crippen LogP contribution in [-0.2, 0) is 16.0 Å². The lowest BCUT2D eigenvalue weighted by atomic mass is 10.1. The summed E-state index contributed by atoms with van der Waals surface area (Å²) in [5.74, 6) is 0.418. The molecule has 0 heterocycles. The van der Waals surface area contributed by atoms with Crippen molar-refractivity contribution in [3.05, 3.63) is 35.9 Å². The van der Waals surface area contributed by atoms with E-state index in [4.69, 9.17) is 4.74 Å². The first kappa shape index (κ1) is 14.7. The summed E-state index contributed by atoms with van der Waals surface area (Å²) in [7, 11) is 0. The number of aryl methyl sites for hydroxylation is 1. The summed E-state index contributed by atoms with van der Waals surface area (Å²) >= 11 is 0. The summed E-state index contributed by atoms with van der Waals surface area (Å²) in [4.78, 5) is 11.5. The molecule has 100 valence electrons. The van der Waals surface area contributed by atoms with E-state index < -0.39 is 0 Å². The van der Waals surface area contributed by atoms with E-state index in [2.05, 4.69) is 26.0 Å². The van der Waals surface area contributed by atoms with Crippen molar-refractivity contribution in [3.8, 4) is 0 Å². The Bertz CT molecular complexity index is 332. The number of benzene rings is 1. The van der Waals surface area contributed by atoms with Crippen LogP contribution in [0.25, 0.3) is 0 Å². The summed E-state index contributed by atoms with van der Waals surface area (Å²) in [5, 5.41) is 0. The molecule has 0 aliphatic rings. The molecule has 0 aliphatic heterocycles. The molecule has 0 bridgehead atoms. The van der Waals surface area contributed by atoms with Gasteiger partial charge in [0.25, 0.3) is 0 Å². The van der Waals surface area contributed by atoms with Crippen molar-refractivity contribution in [1.29, 1.82) is 0 Å². The van der Waals surface area contributed by atoms with Crippen LogP contribution in [-0.4, -0.2) is 12.6 Å². The van der Waals surface area contributed by atoms with Crippen molar-refractivity contribution < 1.29 is 9.53 Å². The highest BCUT2D eigenvalue weighted by Crippen LogP contribution is 2.08. The molecule has 2 nitrogen and oxygen atoms in total. The number of ether oxygens (including phenoxy) is 1. The Kier molecular flexibility index (Phi) is 7.16. The van der Waals surface area contributed by atoms with Gasteiger partial charge in [-0.05, 0) is 30.7 Å². The highest BCUT2D eigenvalue weighted by Gasteiger charge is 2.06. The minimum absolute atomic E-state index is 0.0612. The average Bonchev–Trinajstić information content (AvgIpc) is 2.38. The van der Waals surface area contributed by atoms with Gasteiger partial charge in [0.1, 0.15) is 0 Å². The van der Waals surface area contributed by atoms with E-state index in [0.29, 0.717) is 18.9 Å². The number of rotatable bonds is 8. The summed E-state index contributed by atoms with van der Waals surface area (Å²) < 4.78 is 5.26. The second kappa shape index (κ2) is 8.73. The topological polar surface area (TPSA) is 26.3 Å². The van der Waals surface area contributed by atoms with Crippen LogP contribution in [0.2, 0.25) is 0 Å². The van der Waals surface area contributed by atoms with E-state index in [1.165, 1.54) is 5.56 Å². The predicted molar refractivity (Wildman–Crippen MR) is 74.4 cm³/mol. The quantitative estimate of drug-likeness (QED) is 0.650. The molecule has 0 N–H and O–H groups in total.